The fraction of sp³-hybridized carbons (Fsp3) is 0.556. The van der Waals surface area contributed by atoms with Crippen molar-refractivity contribution in [2.24, 2.45) is 0 Å². The molecule has 0 saturated carbocycles. The summed E-state index contributed by atoms with van der Waals surface area (Å²) >= 11 is 0. The lowest BCUT2D eigenvalue weighted by Gasteiger charge is -2.20. The molecule has 0 aromatic heterocycles. The Morgan fingerprint density at radius 3 is 2.24 bits per heavy atom. The number of ether oxygens (including phenoxy) is 2. The second-order valence-electron chi connectivity index (χ2n) is 6.25. The van der Waals surface area contributed by atoms with Gasteiger partial charge in [-0.25, -0.2) is 9.59 Å². The molecule has 7 nitrogen and oxygen atoms in total. The van der Waals surface area contributed by atoms with Crippen molar-refractivity contribution < 1.29 is 29.3 Å². The minimum atomic E-state index is -1.82. The Bertz CT molecular complexity index is 513. The van der Waals surface area contributed by atoms with Gasteiger partial charge in [0.1, 0.15) is 12.4 Å². The maximum absolute atomic E-state index is 9.10. The third-order valence-electron chi connectivity index (χ3n) is 2.89. The van der Waals surface area contributed by atoms with Gasteiger partial charge in [-0.1, -0.05) is 19.1 Å². The van der Waals surface area contributed by atoms with Crippen LogP contribution in [0.1, 0.15) is 33.3 Å². The average molecular weight is 355 g/mol. The number of carboxylic acid groups (broad SMARTS) is 2. The van der Waals surface area contributed by atoms with Crippen LogP contribution in [0.2, 0.25) is 0 Å². The van der Waals surface area contributed by atoms with Gasteiger partial charge in [0.25, 0.3) is 0 Å². The van der Waals surface area contributed by atoms with Gasteiger partial charge in [-0.2, -0.15) is 0 Å². The second-order valence-corrected chi connectivity index (χ2v) is 6.25. The molecule has 25 heavy (non-hydrogen) atoms. The van der Waals surface area contributed by atoms with Gasteiger partial charge >= 0.3 is 11.9 Å². The van der Waals surface area contributed by atoms with Gasteiger partial charge in [0.15, 0.2) is 0 Å². The fourth-order valence-corrected chi connectivity index (χ4v) is 1.67. The lowest BCUT2D eigenvalue weighted by Crippen LogP contribution is -2.38. The van der Waals surface area contributed by atoms with Crippen LogP contribution in [0.4, 0.5) is 0 Å². The summed E-state index contributed by atoms with van der Waals surface area (Å²) < 4.78 is 11.2. The first kappa shape index (κ1) is 22.9. The molecule has 0 aliphatic carbocycles. The van der Waals surface area contributed by atoms with Crippen molar-refractivity contribution in [3.63, 3.8) is 0 Å². The number of hydrogen-bond acceptors (Lipinski definition) is 5. The van der Waals surface area contributed by atoms with Gasteiger partial charge in [0.05, 0.1) is 13.2 Å². The maximum Gasteiger partial charge on any atom is 0.414 e. The molecule has 1 rings (SSSR count). The summed E-state index contributed by atoms with van der Waals surface area (Å²) in [5, 5.41) is 18.2. The summed E-state index contributed by atoms with van der Waals surface area (Å²) in [5.41, 5.74) is 1.45. The molecule has 1 aromatic rings. The SMILES string of the molecule is CCc1cccc(OCCOCCNC(C)(C)C)c1.O=C(O)C(=O)O. The van der Waals surface area contributed by atoms with Crippen molar-refractivity contribution in [3.8, 4) is 5.75 Å². The third-order valence-corrected chi connectivity index (χ3v) is 2.89. The molecule has 0 radical (unpaired) electrons. The highest BCUT2D eigenvalue weighted by Crippen LogP contribution is 2.13. The standard InChI is InChI=1S/C16H27NO2.C2H2O4/c1-5-14-7-6-8-15(13-14)19-12-11-18-10-9-17-16(2,3)4;3-1(4)2(5)6/h6-8,13,17H,5,9-12H2,1-4H3;(H,3,4)(H,5,6). The van der Waals surface area contributed by atoms with Crippen molar-refractivity contribution >= 4 is 11.9 Å². The molecule has 0 fully saturated rings. The average Bonchev–Trinajstić information content (AvgIpc) is 2.53. The molecule has 0 unspecified atom stereocenters. The van der Waals surface area contributed by atoms with Crippen LogP contribution in [0.5, 0.6) is 5.75 Å². The molecule has 0 spiro atoms. The Morgan fingerprint density at radius 1 is 1.08 bits per heavy atom. The summed E-state index contributed by atoms with van der Waals surface area (Å²) in [7, 11) is 0. The minimum absolute atomic E-state index is 0.153. The van der Waals surface area contributed by atoms with E-state index < -0.39 is 11.9 Å². The van der Waals surface area contributed by atoms with E-state index >= 15 is 0 Å². The van der Waals surface area contributed by atoms with E-state index in [1.807, 2.05) is 12.1 Å². The van der Waals surface area contributed by atoms with Gasteiger partial charge in [-0.3, -0.25) is 0 Å². The molecule has 0 atom stereocenters. The highest BCUT2D eigenvalue weighted by atomic mass is 16.5. The number of aryl methyl sites for hydroxylation is 1. The van der Waals surface area contributed by atoms with Crippen LogP contribution < -0.4 is 10.1 Å². The number of rotatable bonds is 8. The molecule has 0 bridgehead atoms. The van der Waals surface area contributed by atoms with Crippen LogP contribution in [0.15, 0.2) is 24.3 Å². The molecule has 7 heteroatoms. The molecule has 0 aliphatic heterocycles. The quantitative estimate of drug-likeness (QED) is 0.485. The summed E-state index contributed by atoms with van der Waals surface area (Å²) in [6, 6.07) is 8.21. The van der Waals surface area contributed by atoms with E-state index in [1.54, 1.807) is 0 Å². The number of aliphatic carboxylic acids is 2. The van der Waals surface area contributed by atoms with Crippen LogP contribution in [-0.4, -0.2) is 54.1 Å². The summed E-state index contributed by atoms with van der Waals surface area (Å²) in [6.45, 7) is 11.4. The largest absolute Gasteiger partial charge is 0.491 e. The van der Waals surface area contributed by atoms with Crippen molar-refractivity contribution in [2.45, 2.75) is 39.7 Å². The predicted molar refractivity (Wildman–Crippen MR) is 95.2 cm³/mol. The zero-order chi connectivity index (χ0) is 19.3. The van der Waals surface area contributed by atoms with Crippen molar-refractivity contribution in [1.82, 2.24) is 5.32 Å². The van der Waals surface area contributed by atoms with Gasteiger partial charge in [-0.15, -0.1) is 0 Å². The second kappa shape index (κ2) is 12.3. The van der Waals surface area contributed by atoms with Crippen LogP contribution in [-0.2, 0) is 20.7 Å². The number of benzene rings is 1. The van der Waals surface area contributed by atoms with Crippen molar-refractivity contribution in [1.29, 1.82) is 0 Å². The Balaban J connectivity index is 0.000000823. The molecular formula is C18H29NO6. The molecule has 0 aliphatic rings. The molecule has 3 N–H and O–H groups in total. The Kier molecular flexibility index (Phi) is 11.2. The zero-order valence-corrected chi connectivity index (χ0v) is 15.4. The molecule has 0 amide bonds. The smallest absolute Gasteiger partial charge is 0.414 e. The number of carbonyl (C=O) groups is 2. The monoisotopic (exact) mass is 355 g/mol. The normalized spacial score (nSPS) is 10.6. The van der Waals surface area contributed by atoms with Gasteiger partial charge in [0.2, 0.25) is 0 Å². The van der Waals surface area contributed by atoms with Crippen LogP contribution in [0.25, 0.3) is 0 Å². The molecule has 1 aromatic carbocycles. The van der Waals surface area contributed by atoms with E-state index in [0.717, 1.165) is 25.3 Å². The third kappa shape index (κ3) is 14.0. The summed E-state index contributed by atoms with van der Waals surface area (Å²) in [5.74, 6) is -2.72. The van der Waals surface area contributed by atoms with E-state index in [9.17, 15) is 0 Å². The van der Waals surface area contributed by atoms with E-state index in [4.69, 9.17) is 29.3 Å². The number of carboxylic acids is 2. The highest BCUT2D eigenvalue weighted by molar-refractivity contribution is 6.27. The van der Waals surface area contributed by atoms with E-state index in [-0.39, 0.29) is 5.54 Å². The van der Waals surface area contributed by atoms with Gasteiger partial charge in [-0.05, 0) is 44.9 Å². The minimum Gasteiger partial charge on any atom is -0.491 e. The number of hydrogen-bond donors (Lipinski definition) is 3. The van der Waals surface area contributed by atoms with Crippen molar-refractivity contribution in [2.75, 3.05) is 26.4 Å². The Hall–Kier alpha value is -2.12. The molecule has 0 saturated heterocycles. The molecule has 142 valence electrons. The van der Waals surface area contributed by atoms with Crippen molar-refractivity contribution in [3.05, 3.63) is 29.8 Å². The fourth-order valence-electron chi connectivity index (χ4n) is 1.67. The lowest BCUT2D eigenvalue weighted by molar-refractivity contribution is -0.159. The van der Waals surface area contributed by atoms with E-state index in [1.165, 1.54) is 5.56 Å². The first-order valence-electron chi connectivity index (χ1n) is 8.16. The lowest BCUT2D eigenvalue weighted by atomic mass is 10.1. The predicted octanol–water partition coefficient (Wildman–Crippen LogP) is 2.19. The zero-order valence-electron chi connectivity index (χ0n) is 15.4. The van der Waals surface area contributed by atoms with Crippen LogP contribution >= 0.6 is 0 Å². The topological polar surface area (TPSA) is 105 Å². The summed E-state index contributed by atoms with van der Waals surface area (Å²) in [4.78, 5) is 18.2. The first-order valence-corrected chi connectivity index (χ1v) is 8.16. The van der Waals surface area contributed by atoms with E-state index in [2.05, 4.69) is 45.1 Å². The summed E-state index contributed by atoms with van der Waals surface area (Å²) in [6.07, 6.45) is 1.03. The Morgan fingerprint density at radius 2 is 1.72 bits per heavy atom. The van der Waals surface area contributed by atoms with Crippen LogP contribution in [0.3, 0.4) is 0 Å². The highest BCUT2D eigenvalue weighted by Gasteiger charge is 2.07. The van der Waals surface area contributed by atoms with Gasteiger partial charge in [0, 0.05) is 12.1 Å². The number of nitrogens with one attached hydrogen (secondary N) is 1. The Labute approximate surface area is 149 Å². The molecular weight excluding hydrogens is 326 g/mol. The van der Waals surface area contributed by atoms with Crippen LogP contribution in [0, 0.1) is 0 Å². The van der Waals surface area contributed by atoms with E-state index in [0.29, 0.717) is 13.2 Å². The maximum atomic E-state index is 9.10. The van der Waals surface area contributed by atoms with Gasteiger partial charge < -0.3 is 25.0 Å². The molecule has 0 heterocycles. The first-order chi connectivity index (χ1) is 11.7.